The molecule has 0 amide bonds. The molecule has 4 rings (SSSR count). The Labute approximate surface area is 212 Å². The summed E-state index contributed by atoms with van der Waals surface area (Å²) in [5.74, 6) is 1.85. The van der Waals surface area contributed by atoms with Crippen LogP contribution in [0.5, 0.6) is 0 Å². The number of tetrazole rings is 1. The van der Waals surface area contributed by atoms with Crippen LogP contribution in [-0.4, -0.2) is 62.4 Å². The molecule has 0 aliphatic rings. The number of H-pyrrole nitrogens is 1. The van der Waals surface area contributed by atoms with Crippen LogP contribution in [0.1, 0.15) is 48.4 Å². The van der Waals surface area contributed by atoms with Gasteiger partial charge in [0.15, 0.2) is 5.78 Å². The Hall–Kier alpha value is -3.98. The Morgan fingerprint density at radius 2 is 1.72 bits per heavy atom. The first-order valence-electron chi connectivity index (χ1n) is 12.0. The Bertz CT molecular complexity index is 1230. The highest BCUT2D eigenvalue weighted by molar-refractivity contribution is 5.98. The van der Waals surface area contributed by atoms with Gasteiger partial charge in [-0.15, -0.1) is 10.2 Å². The normalized spacial score (nSPS) is 10.6. The maximum absolute atomic E-state index is 12.0. The van der Waals surface area contributed by atoms with E-state index in [4.69, 9.17) is 0 Å². The molecule has 0 aliphatic heterocycles. The largest absolute Gasteiger partial charge is 0.365 e. The van der Waals surface area contributed by atoms with Gasteiger partial charge in [-0.1, -0.05) is 61.9 Å². The Balaban J connectivity index is 0.000000840. The van der Waals surface area contributed by atoms with Gasteiger partial charge in [-0.3, -0.25) is 4.79 Å². The van der Waals surface area contributed by atoms with E-state index in [9.17, 15) is 4.79 Å². The number of aromatic amines is 1. The number of ketones is 1. The molecule has 0 saturated carbocycles. The SMILES string of the molecule is CCCCc1ncc(C(C)=O)c(NCc2ccc(-c3ccccc3-c3nn[nH]n3)cc2)n1.CN(C)C. The molecule has 0 bridgehead atoms. The van der Waals surface area contributed by atoms with Gasteiger partial charge in [-0.25, -0.2) is 9.97 Å². The van der Waals surface area contributed by atoms with E-state index in [2.05, 4.69) is 67.1 Å². The van der Waals surface area contributed by atoms with E-state index in [0.29, 0.717) is 23.8 Å². The van der Waals surface area contributed by atoms with Gasteiger partial charge in [0.25, 0.3) is 0 Å². The zero-order valence-corrected chi connectivity index (χ0v) is 21.6. The molecular formula is C27H34N8O. The lowest BCUT2D eigenvalue weighted by Crippen LogP contribution is -2.10. The molecule has 36 heavy (non-hydrogen) atoms. The molecule has 0 saturated heterocycles. The third-order valence-corrected chi connectivity index (χ3v) is 5.21. The van der Waals surface area contributed by atoms with E-state index in [1.807, 2.05) is 50.3 Å². The van der Waals surface area contributed by atoms with Crippen molar-refractivity contribution in [2.24, 2.45) is 0 Å². The molecule has 9 heteroatoms. The highest BCUT2D eigenvalue weighted by atomic mass is 16.1. The Morgan fingerprint density at radius 1 is 1.03 bits per heavy atom. The van der Waals surface area contributed by atoms with E-state index in [-0.39, 0.29) is 5.78 Å². The molecule has 0 unspecified atom stereocenters. The number of aryl methyl sites for hydroxylation is 1. The summed E-state index contributed by atoms with van der Waals surface area (Å²) < 4.78 is 0. The fourth-order valence-electron chi connectivity index (χ4n) is 3.46. The van der Waals surface area contributed by atoms with Crippen LogP contribution in [0, 0.1) is 0 Å². The minimum atomic E-state index is -0.0528. The van der Waals surface area contributed by atoms with E-state index in [1.165, 1.54) is 6.92 Å². The van der Waals surface area contributed by atoms with Gasteiger partial charge in [0.2, 0.25) is 5.82 Å². The molecule has 9 nitrogen and oxygen atoms in total. The first-order chi connectivity index (χ1) is 17.4. The molecule has 2 aromatic heterocycles. The molecule has 0 fully saturated rings. The lowest BCUT2D eigenvalue weighted by atomic mass is 9.98. The minimum Gasteiger partial charge on any atom is -0.365 e. The van der Waals surface area contributed by atoms with Crippen molar-refractivity contribution >= 4 is 11.6 Å². The number of benzene rings is 2. The van der Waals surface area contributed by atoms with Gasteiger partial charge >= 0.3 is 0 Å². The molecule has 188 valence electrons. The zero-order valence-electron chi connectivity index (χ0n) is 21.6. The van der Waals surface area contributed by atoms with Crippen LogP contribution < -0.4 is 5.32 Å². The van der Waals surface area contributed by atoms with Crippen molar-refractivity contribution in [3.05, 3.63) is 71.7 Å². The van der Waals surface area contributed by atoms with E-state index < -0.39 is 0 Å². The highest BCUT2D eigenvalue weighted by Gasteiger charge is 2.12. The number of hydrogen-bond acceptors (Lipinski definition) is 8. The van der Waals surface area contributed by atoms with Crippen LogP contribution in [0.15, 0.2) is 54.7 Å². The summed E-state index contributed by atoms with van der Waals surface area (Å²) in [4.78, 5) is 22.9. The van der Waals surface area contributed by atoms with Crippen LogP contribution in [0.3, 0.4) is 0 Å². The quantitative estimate of drug-likeness (QED) is 0.329. The summed E-state index contributed by atoms with van der Waals surface area (Å²) in [7, 11) is 6.00. The predicted molar refractivity (Wildman–Crippen MR) is 143 cm³/mol. The lowest BCUT2D eigenvalue weighted by molar-refractivity contribution is 0.101. The third kappa shape index (κ3) is 7.51. The fourth-order valence-corrected chi connectivity index (χ4v) is 3.46. The lowest BCUT2D eigenvalue weighted by Gasteiger charge is -2.12. The maximum Gasteiger partial charge on any atom is 0.205 e. The van der Waals surface area contributed by atoms with Crippen LogP contribution in [0.2, 0.25) is 0 Å². The van der Waals surface area contributed by atoms with Gasteiger partial charge in [0.1, 0.15) is 11.6 Å². The Morgan fingerprint density at radius 3 is 2.33 bits per heavy atom. The van der Waals surface area contributed by atoms with Crippen molar-refractivity contribution in [3.63, 3.8) is 0 Å². The molecule has 2 N–H and O–H groups in total. The van der Waals surface area contributed by atoms with Gasteiger partial charge < -0.3 is 10.2 Å². The standard InChI is InChI=1S/C24H25N7O.C3H9N/c1-3-4-9-22-25-15-21(16(2)32)23(27-22)26-14-17-10-12-18(13-11-17)19-7-5-6-8-20(19)24-28-30-31-29-24;1-4(2)3/h5-8,10-13,15H,3-4,9,14H2,1-2H3,(H,25,26,27)(H,28,29,30,31);1-3H3. The Kier molecular flexibility index (Phi) is 9.76. The summed E-state index contributed by atoms with van der Waals surface area (Å²) in [5.41, 5.74) is 4.59. The molecule has 0 atom stereocenters. The number of rotatable bonds is 9. The molecule has 0 radical (unpaired) electrons. The minimum absolute atomic E-state index is 0.0528. The molecule has 2 aromatic carbocycles. The summed E-state index contributed by atoms with van der Waals surface area (Å²) in [6.07, 6.45) is 4.52. The summed E-state index contributed by atoms with van der Waals surface area (Å²) in [6, 6.07) is 16.2. The van der Waals surface area contributed by atoms with Gasteiger partial charge in [-0.05, 0) is 56.4 Å². The van der Waals surface area contributed by atoms with Crippen LogP contribution in [0.25, 0.3) is 22.5 Å². The van der Waals surface area contributed by atoms with Crippen molar-refractivity contribution in [1.29, 1.82) is 0 Å². The van der Waals surface area contributed by atoms with Gasteiger partial charge in [0, 0.05) is 24.7 Å². The van der Waals surface area contributed by atoms with Crippen molar-refractivity contribution in [1.82, 2.24) is 35.5 Å². The number of nitrogens with one attached hydrogen (secondary N) is 2. The fraction of sp³-hybridized carbons (Fsp3) is 0.333. The summed E-state index contributed by atoms with van der Waals surface area (Å²) in [6.45, 7) is 4.22. The van der Waals surface area contributed by atoms with Crippen molar-refractivity contribution in [2.45, 2.75) is 39.7 Å². The van der Waals surface area contributed by atoms with Crippen LogP contribution >= 0.6 is 0 Å². The van der Waals surface area contributed by atoms with Crippen LogP contribution in [-0.2, 0) is 13.0 Å². The third-order valence-electron chi connectivity index (χ3n) is 5.21. The average molecular weight is 487 g/mol. The first-order valence-corrected chi connectivity index (χ1v) is 12.0. The number of Topliss-reactive ketones (excluding diaryl/α,β-unsaturated/α-hetero) is 1. The van der Waals surface area contributed by atoms with E-state index in [1.54, 1.807) is 6.20 Å². The van der Waals surface area contributed by atoms with E-state index in [0.717, 1.165) is 47.3 Å². The van der Waals surface area contributed by atoms with Crippen molar-refractivity contribution in [3.8, 4) is 22.5 Å². The second-order valence-corrected chi connectivity index (χ2v) is 8.88. The topological polar surface area (TPSA) is 113 Å². The molecule has 0 spiro atoms. The number of anilines is 1. The smallest absolute Gasteiger partial charge is 0.205 e. The first kappa shape index (κ1) is 26.6. The summed E-state index contributed by atoms with van der Waals surface area (Å²) in [5, 5.41) is 17.7. The maximum atomic E-state index is 12.0. The number of nitrogens with zero attached hydrogens (tertiary/aromatic N) is 6. The molecule has 2 heterocycles. The second-order valence-electron chi connectivity index (χ2n) is 8.88. The van der Waals surface area contributed by atoms with Gasteiger partial charge in [0.05, 0.1) is 5.56 Å². The molecular weight excluding hydrogens is 452 g/mol. The number of unbranched alkanes of at least 4 members (excludes halogenated alkanes) is 1. The number of carbonyl (C=O) groups excluding carboxylic acids is 1. The average Bonchev–Trinajstić information content (AvgIpc) is 3.41. The van der Waals surface area contributed by atoms with Crippen molar-refractivity contribution < 1.29 is 4.79 Å². The predicted octanol–water partition coefficient (Wildman–Crippen LogP) is 4.66. The number of carbonyl (C=O) groups is 1. The van der Waals surface area contributed by atoms with Crippen LogP contribution in [0.4, 0.5) is 5.82 Å². The monoisotopic (exact) mass is 486 g/mol. The van der Waals surface area contributed by atoms with E-state index >= 15 is 0 Å². The number of aromatic nitrogens is 6. The van der Waals surface area contributed by atoms with Crippen molar-refractivity contribution in [2.75, 3.05) is 26.5 Å². The summed E-state index contributed by atoms with van der Waals surface area (Å²) >= 11 is 0. The number of hydrogen-bond donors (Lipinski definition) is 2. The highest BCUT2D eigenvalue weighted by Crippen LogP contribution is 2.29. The molecule has 0 aliphatic carbocycles. The van der Waals surface area contributed by atoms with Gasteiger partial charge in [-0.2, -0.15) is 5.21 Å². The zero-order chi connectivity index (χ0) is 25.9. The molecule has 4 aromatic rings. The second kappa shape index (κ2) is 13.2.